The highest BCUT2D eigenvalue weighted by Crippen LogP contribution is 2.26. The van der Waals surface area contributed by atoms with Crippen LogP contribution in [0.2, 0.25) is 0 Å². The van der Waals surface area contributed by atoms with Gasteiger partial charge >= 0.3 is 0 Å². The molecule has 0 bridgehead atoms. The maximum absolute atomic E-state index is 9.32. The van der Waals surface area contributed by atoms with Crippen LogP contribution in [-0.4, -0.2) is 29.3 Å². The molecule has 3 nitrogen and oxygen atoms in total. The van der Waals surface area contributed by atoms with Gasteiger partial charge in [0, 0.05) is 23.8 Å². The van der Waals surface area contributed by atoms with Crippen LogP contribution in [0, 0.1) is 6.92 Å². The van der Waals surface area contributed by atoms with E-state index in [1.807, 2.05) is 13.0 Å². The molecule has 0 heterocycles. The molecule has 0 fully saturated rings. The molecule has 0 aliphatic carbocycles. The summed E-state index contributed by atoms with van der Waals surface area (Å²) >= 11 is 5.16. The minimum atomic E-state index is 0.126. The Kier molecular flexibility index (Phi) is 6.25. The largest absolute Gasteiger partial charge is 0.395 e. The number of hydrogen-bond acceptors (Lipinski definition) is 3. The van der Waals surface area contributed by atoms with E-state index in [9.17, 15) is 5.11 Å². The lowest BCUT2D eigenvalue weighted by molar-refractivity contribution is 0.296. The number of aliphatic hydroxyl groups is 1. The maximum atomic E-state index is 9.32. The van der Waals surface area contributed by atoms with Crippen molar-refractivity contribution in [2.24, 2.45) is 5.73 Å². The summed E-state index contributed by atoms with van der Waals surface area (Å²) in [5.41, 5.74) is 8.91. The van der Waals surface area contributed by atoms with E-state index >= 15 is 0 Å². The zero-order valence-electron chi connectivity index (χ0n) is 12.0. The average molecular weight is 280 g/mol. The maximum Gasteiger partial charge on any atom is 0.106 e. The first kappa shape index (κ1) is 15.9. The summed E-state index contributed by atoms with van der Waals surface area (Å²) in [5.74, 6) is 0. The van der Waals surface area contributed by atoms with Gasteiger partial charge in [0.2, 0.25) is 0 Å². The highest BCUT2D eigenvalue weighted by Gasteiger charge is 2.19. The summed E-state index contributed by atoms with van der Waals surface area (Å²) in [7, 11) is 0. The summed E-state index contributed by atoms with van der Waals surface area (Å²) in [5, 5.41) is 9.32. The Balaban J connectivity index is 3.25. The standard InChI is InChI=1S/C15H24N2OS/c1-4-12(5-2)17(8-9-18)14-7-6-11(3)10-13(14)15(16)19/h6-7,10,12,18H,4-5,8-9H2,1-3H3,(H2,16,19). The molecule has 0 atom stereocenters. The first-order valence-electron chi connectivity index (χ1n) is 6.83. The van der Waals surface area contributed by atoms with Gasteiger partial charge in [-0.3, -0.25) is 0 Å². The second-order valence-electron chi connectivity index (χ2n) is 4.77. The zero-order chi connectivity index (χ0) is 14.4. The lowest BCUT2D eigenvalue weighted by Gasteiger charge is -2.33. The van der Waals surface area contributed by atoms with E-state index in [1.165, 1.54) is 0 Å². The molecule has 0 radical (unpaired) electrons. The van der Waals surface area contributed by atoms with Gasteiger partial charge in [0.1, 0.15) is 4.99 Å². The quantitative estimate of drug-likeness (QED) is 0.754. The Bertz CT molecular complexity index is 430. The van der Waals surface area contributed by atoms with Crippen molar-refractivity contribution >= 4 is 22.9 Å². The van der Waals surface area contributed by atoms with Crippen molar-refractivity contribution < 1.29 is 5.11 Å². The molecule has 106 valence electrons. The molecule has 1 aromatic carbocycles. The Hall–Kier alpha value is -1.13. The van der Waals surface area contributed by atoms with Crippen LogP contribution in [0.5, 0.6) is 0 Å². The molecule has 0 amide bonds. The number of aryl methyl sites for hydroxylation is 1. The van der Waals surface area contributed by atoms with Gasteiger partial charge in [0.15, 0.2) is 0 Å². The zero-order valence-corrected chi connectivity index (χ0v) is 12.8. The van der Waals surface area contributed by atoms with Crippen molar-refractivity contribution in [2.45, 2.75) is 39.7 Å². The number of rotatable bonds is 7. The molecular weight excluding hydrogens is 256 g/mol. The molecule has 0 aliphatic heterocycles. The van der Waals surface area contributed by atoms with Crippen molar-refractivity contribution in [3.05, 3.63) is 29.3 Å². The highest BCUT2D eigenvalue weighted by molar-refractivity contribution is 7.80. The predicted molar refractivity (Wildman–Crippen MR) is 85.9 cm³/mol. The van der Waals surface area contributed by atoms with Gasteiger partial charge in [-0.05, 0) is 31.9 Å². The highest BCUT2D eigenvalue weighted by atomic mass is 32.1. The molecular formula is C15H24N2OS. The fourth-order valence-corrected chi connectivity index (χ4v) is 2.60. The van der Waals surface area contributed by atoms with Crippen LogP contribution in [0.4, 0.5) is 5.69 Å². The number of anilines is 1. The number of benzene rings is 1. The number of hydrogen-bond donors (Lipinski definition) is 2. The van der Waals surface area contributed by atoms with E-state index in [0.717, 1.165) is 29.7 Å². The molecule has 0 saturated carbocycles. The van der Waals surface area contributed by atoms with E-state index in [0.29, 0.717) is 17.6 Å². The van der Waals surface area contributed by atoms with E-state index in [-0.39, 0.29) is 6.61 Å². The first-order valence-corrected chi connectivity index (χ1v) is 7.23. The van der Waals surface area contributed by atoms with Crippen LogP contribution in [0.25, 0.3) is 0 Å². The lowest BCUT2D eigenvalue weighted by atomic mass is 10.0. The van der Waals surface area contributed by atoms with Crippen LogP contribution in [0.1, 0.15) is 37.8 Å². The topological polar surface area (TPSA) is 49.5 Å². The Morgan fingerprint density at radius 3 is 2.47 bits per heavy atom. The molecule has 1 rings (SSSR count). The third-order valence-electron chi connectivity index (χ3n) is 3.45. The van der Waals surface area contributed by atoms with Gasteiger partial charge in [-0.15, -0.1) is 0 Å². The van der Waals surface area contributed by atoms with Crippen LogP contribution >= 0.6 is 12.2 Å². The molecule has 0 aliphatic rings. The second-order valence-corrected chi connectivity index (χ2v) is 5.21. The van der Waals surface area contributed by atoms with Gasteiger partial charge in [-0.1, -0.05) is 37.7 Å². The van der Waals surface area contributed by atoms with Crippen LogP contribution in [0.3, 0.4) is 0 Å². The van der Waals surface area contributed by atoms with Gasteiger partial charge in [0.05, 0.1) is 6.61 Å². The van der Waals surface area contributed by atoms with Crippen molar-refractivity contribution in [3.8, 4) is 0 Å². The molecule has 0 unspecified atom stereocenters. The fourth-order valence-electron chi connectivity index (χ4n) is 2.43. The summed E-state index contributed by atoms with van der Waals surface area (Å²) < 4.78 is 0. The summed E-state index contributed by atoms with van der Waals surface area (Å²) in [6.07, 6.45) is 2.06. The molecule has 19 heavy (non-hydrogen) atoms. The average Bonchev–Trinajstić information content (AvgIpc) is 2.39. The predicted octanol–water partition coefficient (Wildman–Crippen LogP) is 2.62. The van der Waals surface area contributed by atoms with Crippen molar-refractivity contribution in [3.63, 3.8) is 0 Å². The van der Waals surface area contributed by atoms with Crippen LogP contribution in [-0.2, 0) is 0 Å². The van der Waals surface area contributed by atoms with Gasteiger partial charge < -0.3 is 15.7 Å². The number of thiocarbonyl (C=S) groups is 1. The minimum absolute atomic E-state index is 0.126. The number of aliphatic hydroxyl groups excluding tert-OH is 1. The molecule has 0 saturated heterocycles. The molecule has 1 aromatic rings. The number of nitrogens with zero attached hydrogens (tertiary/aromatic N) is 1. The normalized spacial score (nSPS) is 10.8. The lowest BCUT2D eigenvalue weighted by Crippen LogP contribution is -2.38. The van der Waals surface area contributed by atoms with Gasteiger partial charge in [0.25, 0.3) is 0 Å². The SMILES string of the molecule is CCC(CC)N(CCO)c1ccc(C)cc1C(N)=S. The summed E-state index contributed by atoms with van der Waals surface area (Å²) in [6.45, 7) is 7.07. The molecule has 3 N–H and O–H groups in total. The van der Waals surface area contributed by atoms with E-state index in [1.54, 1.807) is 0 Å². The van der Waals surface area contributed by atoms with Gasteiger partial charge in [-0.25, -0.2) is 0 Å². The van der Waals surface area contributed by atoms with E-state index in [4.69, 9.17) is 18.0 Å². The van der Waals surface area contributed by atoms with E-state index in [2.05, 4.69) is 30.9 Å². The smallest absolute Gasteiger partial charge is 0.106 e. The van der Waals surface area contributed by atoms with Crippen molar-refractivity contribution in [1.82, 2.24) is 0 Å². The van der Waals surface area contributed by atoms with Crippen molar-refractivity contribution in [2.75, 3.05) is 18.1 Å². The molecule has 4 heteroatoms. The van der Waals surface area contributed by atoms with Crippen LogP contribution in [0.15, 0.2) is 18.2 Å². The monoisotopic (exact) mass is 280 g/mol. The van der Waals surface area contributed by atoms with Gasteiger partial charge in [-0.2, -0.15) is 0 Å². The Morgan fingerprint density at radius 1 is 1.37 bits per heavy atom. The Morgan fingerprint density at radius 2 is 2.00 bits per heavy atom. The van der Waals surface area contributed by atoms with Crippen molar-refractivity contribution in [1.29, 1.82) is 0 Å². The molecule has 0 spiro atoms. The Labute approximate surface area is 121 Å². The molecule has 0 aromatic heterocycles. The number of nitrogens with two attached hydrogens (primary N) is 1. The summed E-state index contributed by atoms with van der Waals surface area (Å²) in [4.78, 5) is 2.63. The summed E-state index contributed by atoms with van der Waals surface area (Å²) in [6, 6.07) is 6.52. The first-order chi connectivity index (χ1) is 9.04. The minimum Gasteiger partial charge on any atom is -0.395 e. The second kappa shape index (κ2) is 7.46. The fraction of sp³-hybridized carbons (Fsp3) is 0.533. The van der Waals surface area contributed by atoms with E-state index < -0.39 is 0 Å². The van der Waals surface area contributed by atoms with Crippen LogP contribution < -0.4 is 10.6 Å². The third-order valence-corrected chi connectivity index (χ3v) is 3.67. The third kappa shape index (κ3) is 3.91.